The van der Waals surface area contributed by atoms with Crippen molar-refractivity contribution in [2.45, 2.75) is 13.8 Å². The molecule has 104 valence electrons. The summed E-state index contributed by atoms with van der Waals surface area (Å²) in [5.41, 5.74) is 12.1. The zero-order valence-electron chi connectivity index (χ0n) is 12.2. The molecule has 3 aromatic rings. The first-order chi connectivity index (χ1) is 10.1. The van der Waals surface area contributed by atoms with E-state index in [2.05, 4.69) is 48.1 Å². The second-order valence-electron chi connectivity index (χ2n) is 5.18. The maximum absolute atomic E-state index is 5.90. The maximum Gasteiger partial charge on any atom is 0.221 e. The largest absolute Gasteiger partial charge is 0.368 e. The van der Waals surface area contributed by atoms with Gasteiger partial charge in [0.15, 0.2) is 0 Å². The van der Waals surface area contributed by atoms with Crippen molar-refractivity contribution in [1.29, 1.82) is 0 Å². The fraction of sp³-hybridized carbons (Fsp3) is 0.111. The molecule has 21 heavy (non-hydrogen) atoms. The van der Waals surface area contributed by atoms with Gasteiger partial charge in [-0.15, -0.1) is 0 Å². The van der Waals surface area contributed by atoms with Crippen LogP contribution in [0.15, 0.2) is 54.6 Å². The molecule has 0 radical (unpaired) electrons. The number of rotatable bonds is 2. The lowest BCUT2D eigenvalue weighted by molar-refractivity contribution is 1.19. The minimum atomic E-state index is 0.298. The van der Waals surface area contributed by atoms with Gasteiger partial charge in [0.05, 0.1) is 11.4 Å². The molecule has 0 saturated carbocycles. The second kappa shape index (κ2) is 5.37. The van der Waals surface area contributed by atoms with Crippen LogP contribution in [0.5, 0.6) is 0 Å². The molecule has 1 heterocycles. The van der Waals surface area contributed by atoms with Gasteiger partial charge in [0, 0.05) is 11.1 Å². The third-order valence-corrected chi connectivity index (χ3v) is 3.48. The van der Waals surface area contributed by atoms with Crippen molar-refractivity contribution >= 4 is 5.95 Å². The van der Waals surface area contributed by atoms with Crippen molar-refractivity contribution in [3.63, 3.8) is 0 Å². The Balaban J connectivity index is 2.15. The fourth-order valence-corrected chi connectivity index (χ4v) is 2.42. The Morgan fingerprint density at radius 1 is 0.810 bits per heavy atom. The number of aromatic nitrogens is 2. The summed E-state index contributed by atoms with van der Waals surface area (Å²) in [6, 6.07) is 18.4. The van der Waals surface area contributed by atoms with Crippen LogP contribution < -0.4 is 5.73 Å². The molecule has 0 saturated heterocycles. The Kier molecular flexibility index (Phi) is 3.40. The molecule has 0 amide bonds. The highest BCUT2D eigenvalue weighted by Gasteiger charge is 2.08. The fourth-order valence-electron chi connectivity index (χ4n) is 2.42. The SMILES string of the molecule is Cc1cccc(-c2cc(-c3ccccc3C)nc(N)n2)c1. The van der Waals surface area contributed by atoms with E-state index >= 15 is 0 Å². The maximum atomic E-state index is 5.90. The van der Waals surface area contributed by atoms with Gasteiger partial charge in [-0.3, -0.25) is 0 Å². The van der Waals surface area contributed by atoms with Crippen LogP contribution in [0, 0.1) is 13.8 Å². The lowest BCUT2D eigenvalue weighted by atomic mass is 10.0. The lowest BCUT2D eigenvalue weighted by Gasteiger charge is -2.09. The molecular weight excluding hydrogens is 258 g/mol. The summed E-state index contributed by atoms with van der Waals surface area (Å²) >= 11 is 0. The van der Waals surface area contributed by atoms with Crippen LogP contribution in [0.2, 0.25) is 0 Å². The number of hydrogen-bond acceptors (Lipinski definition) is 3. The van der Waals surface area contributed by atoms with Crippen LogP contribution in [0.1, 0.15) is 11.1 Å². The van der Waals surface area contributed by atoms with E-state index in [-0.39, 0.29) is 0 Å². The Morgan fingerprint density at radius 3 is 2.33 bits per heavy atom. The van der Waals surface area contributed by atoms with Gasteiger partial charge in [-0.2, -0.15) is 0 Å². The van der Waals surface area contributed by atoms with Gasteiger partial charge < -0.3 is 5.73 Å². The number of benzene rings is 2. The number of nitrogens with two attached hydrogens (primary N) is 1. The van der Waals surface area contributed by atoms with Crippen LogP contribution in [0.25, 0.3) is 22.5 Å². The van der Waals surface area contributed by atoms with E-state index in [0.717, 1.165) is 22.5 Å². The van der Waals surface area contributed by atoms with E-state index in [1.807, 2.05) is 30.3 Å². The topological polar surface area (TPSA) is 51.8 Å². The number of hydrogen-bond donors (Lipinski definition) is 1. The molecule has 0 atom stereocenters. The van der Waals surface area contributed by atoms with Crippen LogP contribution in [-0.4, -0.2) is 9.97 Å². The zero-order valence-corrected chi connectivity index (χ0v) is 12.2. The Hall–Kier alpha value is -2.68. The summed E-state index contributed by atoms with van der Waals surface area (Å²) < 4.78 is 0. The highest BCUT2D eigenvalue weighted by molar-refractivity contribution is 5.71. The minimum Gasteiger partial charge on any atom is -0.368 e. The number of anilines is 1. The third kappa shape index (κ3) is 2.77. The van der Waals surface area contributed by atoms with Crippen molar-refractivity contribution < 1.29 is 0 Å². The van der Waals surface area contributed by atoms with Gasteiger partial charge >= 0.3 is 0 Å². The molecule has 0 aliphatic rings. The molecule has 0 unspecified atom stereocenters. The number of nitrogen functional groups attached to an aromatic ring is 1. The van der Waals surface area contributed by atoms with Gasteiger partial charge in [-0.25, -0.2) is 9.97 Å². The van der Waals surface area contributed by atoms with Gasteiger partial charge in [-0.1, -0.05) is 48.0 Å². The van der Waals surface area contributed by atoms with Crippen molar-refractivity contribution in [2.24, 2.45) is 0 Å². The van der Waals surface area contributed by atoms with Crippen LogP contribution in [0.3, 0.4) is 0 Å². The standard InChI is InChI=1S/C18H17N3/c1-12-6-5-8-14(10-12)16-11-17(21-18(19)20-16)15-9-4-3-7-13(15)2/h3-11H,1-2H3,(H2,19,20,21). The Morgan fingerprint density at radius 2 is 1.57 bits per heavy atom. The molecule has 1 aromatic heterocycles. The summed E-state index contributed by atoms with van der Waals surface area (Å²) in [4.78, 5) is 8.75. The van der Waals surface area contributed by atoms with E-state index in [0.29, 0.717) is 5.95 Å². The average molecular weight is 275 g/mol. The van der Waals surface area contributed by atoms with Gasteiger partial charge in [0.1, 0.15) is 0 Å². The Bertz CT molecular complexity index is 794. The van der Waals surface area contributed by atoms with E-state index < -0.39 is 0 Å². The van der Waals surface area contributed by atoms with Gasteiger partial charge in [0.25, 0.3) is 0 Å². The van der Waals surface area contributed by atoms with Crippen molar-refractivity contribution in [3.05, 3.63) is 65.7 Å². The smallest absolute Gasteiger partial charge is 0.221 e. The van der Waals surface area contributed by atoms with Crippen LogP contribution >= 0.6 is 0 Å². The van der Waals surface area contributed by atoms with E-state index in [1.165, 1.54) is 11.1 Å². The molecule has 3 rings (SSSR count). The first-order valence-corrected chi connectivity index (χ1v) is 6.91. The van der Waals surface area contributed by atoms with E-state index in [4.69, 9.17) is 5.73 Å². The molecule has 0 aliphatic heterocycles. The van der Waals surface area contributed by atoms with E-state index in [9.17, 15) is 0 Å². The molecule has 0 spiro atoms. The van der Waals surface area contributed by atoms with Crippen molar-refractivity contribution in [3.8, 4) is 22.5 Å². The molecule has 3 nitrogen and oxygen atoms in total. The van der Waals surface area contributed by atoms with E-state index in [1.54, 1.807) is 0 Å². The normalized spacial score (nSPS) is 10.6. The quantitative estimate of drug-likeness (QED) is 0.768. The van der Waals surface area contributed by atoms with Crippen LogP contribution in [0.4, 0.5) is 5.95 Å². The summed E-state index contributed by atoms with van der Waals surface area (Å²) in [5, 5.41) is 0. The van der Waals surface area contributed by atoms with Crippen molar-refractivity contribution in [2.75, 3.05) is 5.73 Å². The second-order valence-corrected chi connectivity index (χ2v) is 5.18. The molecule has 0 fully saturated rings. The lowest BCUT2D eigenvalue weighted by Crippen LogP contribution is -1.99. The van der Waals surface area contributed by atoms with Crippen molar-refractivity contribution in [1.82, 2.24) is 9.97 Å². The highest BCUT2D eigenvalue weighted by atomic mass is 15.0. The monoisotopic (exact) mass is 275 g/mol. The number of nitrogens with zero attached hydrogens (tertiary/aromatic N) is 2. The van der Waals surface area contributed by atoms with Gasteiger partial charge in [-0.05, 0) is 31.5 Å². The molecular formula is C18H17N3. The number of aryl methyl sites for hydroxylation is 2. The average Bonchev–Trinajstić information content (AvgIpc) is 2.47. The molecule has 3 heteroatoms. The third-order valence-electron chi connectivity index (χ3n) is 3.48. The highest BCUT2D eigenvalue weighted by Crippen LogP contribution is 2.26. The summed E-state index contributed by atoms with van der Waals surface area (Å²) in [6.07, 6.45) is 0. The summed E-state index contributed by atoms with van der Waals surface area (Å²) in [7, 11) is 0. The molecule has 2 aromatic carbocycles. The predicted molar refractivity (Wildman–Crippen MR) is 86.8 cm³/mol. The molecule has 0 aliphatic carbocycles. The van der Waals surface area contributed by atoms with Gasteiger partial charge in [0.2, 0.25) is 5.95 Å². The predicted octanol–water partition coefficient (Wildman–Crippen LogP) is 4.01. The molecule has 0 bridgehead atoms. The summed E-state index contributed by atoms with van der Waals surface area (Å²) in [5.74, 6) is 0.298. The Labute approximate surface area is 124 Å². The minimum absolute atomic E-state index is 0.298. The molecule has 2 N–H and O–H groups in total. The van der Waals surface area contributed by atoms with Crippen LogP contribution in [-0.2, 0) is 0 Å². The first-order valence-electron chi connectivity index (χ1n) is 6.91. The first kappa shape index (κ1) is 13.3. The summed E-state index contributed by atoms with van der Waals surface area (Å²) in [6.45, 7) is 4.14. The zero-order chi connectivity index (χ0) is 14.8.